The van der Waals surface area contributed by atoms with Crippen molar-refractivity contribution in [3.8, 4) is 0 Å². The Morgan fingerprint density at radius 3 is 2.26 bits per heavy atom. The normalized spacial score (nSPS) is 25.1. The van der Waals surface area contributed by atoms with Gasteiger partial charge >= 0.3 is 0 Å². The van der Waals surface area contributed by atoms with Crippen molar-refractivity contribution in [2.24, 2.45) is 5.92 Å². The number of benzene rings is 1. The molecule has 1 fully saturated rings. The van der Waals surface area contributed by atoms with Crippen LogP contribution in [0.5, 0.6) is 0 Å². The molecule has 2 unspecified atom stereocenters. The van der Waals surface area contributed by atoms with E-state index < -0.39 is 0 Å². The lowest BCUT2D eigenvalue weighted by Crippen LogP contribution is -2.16. The molecule has 0 N–H and O–H groups in total. The fraction of sp³-hybridized carbons (Fsp3) is 0.667. The lowest BCUT2D eigenvalue weighted by Gasteiger charge is -2.22. The van der Waals surface area contributed by atoms with Gasteiger partial charge in [-0.25, -0.2) is 0 Å². The van der Waals surface area contributed by atoms with E-state index in [0.717, 1.165) is 10.7 Å². The molecule has 0 bridgehead atoms. The van der Waals surface area contributed by atoms with Gasteiger partial charge in [-0.15, -0.1) is 0 Å². The van der Waals surface area contributed by atoms with Crippen LogP contribution in [0.1, 0.15) is 64.0 Å². The highest BCUT2D eigenvalue weighted by Crippen LogP contribution is 2.32. The third-order valence-electron chi connectivity index (χ3n) is 4.38. The summed E-state index contributed by atoms with van der Waals surface area (Å²) in [5.74, 6) is 0.822. The summed E-state index contributed by atoms with van der Waals surface area (Å²) in [5, 5.41) is 0. The molecule has 1 saturated carbocycles. The molecule has 0 aromatic heterocycles. The van der Waals surface area contributed by atoms with Crippen LogP contribution in [0, 0.1) is 5.92 Å². The molecule has 106 valence electrons. The lowest BCUT2D eigenvalue weighted by molar-refractivity contribution is 0.475. The largest absolute Gasteiger partial charge is 0.0888 e. The molecule has 0 heterocycles. The van der Waals surface area contributed by atoms with E-state index in [2.05, 4.69) is 61.0 Å². The molecule has 0 nitrogen and oxygen atoms in total. The Kier molecular flexibility index (Phi) is 5.11. The van der Waals surface area contributed by atoms with Crippen molar-refractivity contribution in [2.75, 3.05) is 0 Å². The maximum absolute atomic E-state index is 3.91. The molecule has 2 atom stereocenters. The molecule has 2 rings (SSSR count). The fourth-order valence-electron chi connectivity index (χ4n) is 3.01. The molecule has 1 aromatic carbocycles. The van der Waals surface area contributed by atoms with Crippen molar-refractivity contribution in [3.63, 3.8) is 0 Å². The summed E-state index contributed by atoms with van der Waals surface area (Å²) in [7, 11) is 0. The molecule has 1 aromatic rings. The Morgan fingerprint density at radius 2 is 1.63 bits per heavy atom. The molecule has 19 heavy (non-hydrogen) atoms. The minimum Gasteiger partial charge on any atom is -0.0888 e. The summed E-state index contributed by atoms with van der Waals surface area (Å²) in [6, 6.07) is 9.31. The monoisotopic (exact) mass is 322 g/mol. The van der Waals surface area contributed by atoms with E-state index in [4.69, 9.17) is 0 Å². The van der Waals surface area contributed by atoms with Crippen molar-refractivity contribution in [1.29, 1.82) is 0 Å². The van der Waals surface area contributed by atoms with E-state index in [1.807, 2.05) is 0 Å². The molecule has 0 spiro atoms. The van der Waals surface area contributed by atoms with Crippen LogP contribution in [0.3, 0.4) is 0 Å². The SMILES string of the molecule is CC(C)(C)c1ccc(CC2CCCCCC2Br)cc1. The molecule has 1 aliphatic carbocycles. The second kappa shape index (κ2) is 6.43. The zero-order valence-corrected chi connectivity index (χ0v) is 14.2. The van der Waals surface area contributed by atoms with Crippen LogP contribution in [0.4, 0.5) is 0 Å². The zero-order chi connectivity index (χ0) is 13.9. The van der Waals surface area contributed by atoms with Gasteiger partial charge in [-0.2, -0.15) is 0 Å². The quantitative estimate of drug-likeness (QED) is 0.471. The van der Waals surface area contributed by atoms with E-state index in [1.165, 1.54) is 49.7 Å². The summed E-state index contributed by atoms with van der Waals surface area (Å²) in [6.07, 6.45) is 8.20. The van der Waals surface area contributed by atoms with Crippen LogP contribution in [-0.2, 0) is 11.8 Å². The molecular formula is C18H27Br. The van der Waals surface area contributed by atoms with Gasteiger partial charge in [-0.05, 0) is 41.7 Å². The van der Waals surface area contributed by atoms with E-state index in [9.17, 15) is 0 Å². The van der Waals surface area contributed by atoms with Gasteiger partial charge in [0.1, 0.15) is 0 Å². The van der Waals surface area contributed by atoms with Gasteiger partial charge in [0.15, 0.2) is 0 Å². The van der Waals surface area contributed by atoms with Gasteiger partial charge < -0.3 is 0 Å². The Bertz CT molecular complexity index is 385. The highest BCUT2D eigenvalue weighted by Gasteiger charge is 2.21. The lowest BCUT2D eigenvalue weighted by atomic mass is 9.85. The van der Waals surface area contributed by atoms with Gasteiger partial charge in [0.2, 0.25) is 0 Å². The van der Waals surface area contributed by atoms with Crippen molar-refractivity contribution < 1.29 is 0 Å². The number of hydrogen-bond donors (Lipinski definition) is 0. The van der Waals surface area contributed by atoms with Crippen LogP contribution in [0.2, 0.25) is 0 Å². The number of rotatable bonds is 2. The van der Waals surface area contributed by atoms with Crippen molar-refractivity contribution in [3.05, 3.63) is 35.4 Å². The zero-order valence-electron chi connectivity index (χ0n) is 12.6. The topological polar surface area (TPSA) is 0 Å². The minimum atomic E-state index is 0.263. The predicted octanol–water partition coefficient (Wildman–Crippen LogP) is 5.87. The van der Waals surface area contributed by atoms with E-state index >= 15 is 0 Å². The minimum absolute atomic E-state index is 0.263. The molecule has 0 radical (unpaired) electrons. The fourth-order valence-corrected chi connectivity index (χ4v) is 3.79. The van der Waals surface area contributed by atoms with E-state index in [0.29, 0.717) is 0 Å². The maximum atomic E-state index is 3.91. The van der Waals surface area contributed by atoms with Crippen molar-refractivity contribution >= 4 is 15.9 Å². The summed E-state index contributed by atoms with van der Waals surface area (Å²) in [6.45, 7) is 6.84. The summed E-state index contributed by atoms with van der Waals surface area (Å²) in [5.41, 5.74) is 3.20. The Morgan fingerprint density at radius 1 is 1.00 bits per heavy atom. The van der Waals surface area contributed by atoms with Gasteiger partial charge in [0.25, 0.3) is 0 Å². The Labute approximate surface area is 127 Å². The van der Waals surface area contributed by atoms with Gasteiger partial charge in [0, 0.05) is 4.83 Å². The van der Waals surface area contributed by atoms with E-state index in [1.54, 1.807) is 0 Å². The smallest absolute Gasteiger partial charge is 0.0177 e. The second-order valence-electron chi connectivity index (χ2n) is 7.07. The van der Waals surface area contributed by atoms with Crippen LogP contribution >= 0.6 is 15.9 Å². The third kappa shape index (κ3) is 4.34. The third-order valence-corrected chi connectivity index (χ3v) is 5.59. The summed E-state index contributed by atoms with van der Waals surface area (Å²) >= 11 is 3.91. The number of halogens is 1. The predicted molar refractivity (Wildman–Crippen MR) is 88.1 cm³/mol. The van der Waals surface area contributed by atoms with Crippen molar-refractivity contribution in [2.45, 2.75) is 69.5 Å². The molecule has 1 aliphatic rings. The van der Waals surface area contributed by atoms with Crippen LogP contribution in [-0.4, -0.2) is 4.83 Å². The maximum Gasteiger partial charge on any atom is 0.0177 e. The van der Waals surface area contributed by atoms with Crippen molar-refractivity contribution in [1.82, 2.24) is 0 Å². The molecule has 0 amide bonds. The number of alkyl halides is 1. The van der Waals surface area contributed by atoms with Crippen LogP contribution in [0.25, 0.3) is 0 Å². The first kappa shape index (κ1) is 15.1. The number of hydrogen-bond acceptors (Lipinski definition) is 0. The Hall–Kier alpha value is -0.300. The average Bonchev–Trinajstić information content (AvgIpc) is 2.55. The first-order chi connectivity index (χ1) is 8.97. The molecule has 0 saturated heterocycles. The first-order valence-electron chi connectivity index (χ1n) is 7.70. The standard InChI is InChI=1S/C18H27Br/c1-18(2,3)16-11-9-14(10-12-16)13-15-7-5-4-6-8-17(15)19/h9-12,15,17H,4-8,13H2,1-3H3. The molecule has 1 heteroatoms. The van der Waals surface area contributed by atoms with Crippen LogP contribution in [0.15, 0.2) is 24.3 Å². The highest BCUT2D eigenvalue weighted by atomic mass is 79.9. The highest BCUT2D eigenvalue weighted by molar-refractivity contribution is 9.09. The Balaban J connectivity index is 2.02. The van der Waals surface area contributed by atoms with Gasteiger partial charge in [-0.3, -0.25) is 0 Å². The summed E-state index contributed by atoms with van der Waals surface area (Å²) in [4.78, 5) is 0.720. The van der Waals surface area contributed by atoms with E-state index in [-0.39, 0.29) is 5.41 Å². The first-order valence-corrected chi connectivity index (χ1v) is 8.62. The average molecular weight is 323 g/mol. The molecule has 0 aliphatic heterocycles. The second-order valence-corrected chi connectivity index (χ2v) is 8.24. The molecular weight excluding hydrogens is 296 g/mol. The van der Waals surface area contributed by atoms with Gasteiger partial charge in [0.05, 0.1) is 0 Å². The summed E-state index contributed by atoms with van der Waals surface area (Å²) < 4.78 is 0. The van der Waals surface area contributed by atoms with Gasteiger partial charge in [-0.1, -0.05) is 80.2 Å². The van der Waals surface area contributed by atoms with Crippen LogP contribution < -0.4 is 0 Å².